The number of imidazole rings is 1. The second kappa shape index (κ2) is 9.27. The summed E-state index contributed by atoms with van der Waals surface area (Å²) in [5, 5.41) is 1.65. The SMILES string of the molecule is CN(C)CCCN(C)c1sc(-c2ccc3c(c2)ncn3C2CCCCC2)c2nc[nH]c(=O)c12. The fourth-order valence-electron chi connectivity index (χ4n) is 4.98. The number of aromatic amines is 1. The van der Waals surface area contributed by atoms with Crippen LogP contribution >= 0.6 is 11.3 Å². The minimum Gasteiger partial charge on any atom is -0.366 e. The summed E-state index contributed by atoms with van der Waals surface area (Å²) in [6.45, 7) is 1.89. The van der Waals surface area contributed by atoms with Crippen LogP contribution in [0.5, 0.6) is 0 Å². The van der Waals surface area contributed by atoms with Gasteiger partial charge in [0.15, 0.2) is 0 Å². The molecule has 1 aromatic carbocycles. The van der Waals surface area contributed by atoms with Gasteiger partial charge in [-0.05, 0) is 57.6 Å². The number of anilines is 1. The van der Waals surface area contributed by atoms with Crippen LogP contribution in [0.2, 0.25) is 0 Å². The Morgan fingerprint density at radius 1 is 1.12 bits per heavy atom. The zero-order valence-electron chi connectivity index (χ0n) is 19.7. The average molecular weight is 465 g/mol. The van der Waals surface area contributed by atoms with Gasteiger partial charge >= 0.3 is 0 Å². The first-order valence-corrected chi connectivity index (χ1v) is 12.7. The number of aromatic nitrogens is 4. The summed E-state index contributed by atoms with van der Waals surface area (Å²) in [5.74, 6) is 0. The first-order valence-electron chi connectivity index (χ1n) is 11.9. The van der Waals surface area contributed by atoms with E-state index in [4.69, 9.17) is 4.98 Å². The van der Waals surface area contributed by atoms with Gasteiger partial charge in [0.1, 0.15) is 10.4 Å². The molecule has 5 rings (SSSR count). The molecule has 4 aromatic rings. The topological polar surface area (TPSA) is 70.0 Å². The third-order valence-electron chi connectivity index (χ3n) is 6.73. The summed E-state index contributed by atoms with van der Waals surface area (Å²) in [7, 11) is 6.23. The van der Waals surface area contributed by atoms with Crippen molar-refractivity contribution in [3.63, 3.8) is 0 Å². The van der Waals surface area contributed by atoms with Gasteiger partial charge in [0.2, 0.25) is 0 Å². The lowest BCUT2D eigenvalue weighted by molar-refractivity contribution is 0.359. The summed E-state index contributed by atoms with van der Waals surface area (Å²) in [6, 6.07) is 7.05. The molecule has 0 amide bonds. The lowest BCUT2D eigenvalue weighted by atomic mass is 9.95. The molecule has 174 valence electrons. The van der Waals surface area contributed by atoms with Crippen LogP contribution < -0.4 is 10.5 Å². The Kier molecular flexibility index (Phi) is 6.21. The van der Waals surface area contributed by atoms with Crippen molar-refractivity contribution in [1.82, 2.24) is 24.4 Å². The van der Waals surface area contributed by atoms with Crippen molar-refractivity contribution in [2.45, 2.75) is 44.6 Å². The van der Waals surface area contributed by atoms with Crippen LogP contribution in [0.4, 0.5) is 5.00 Å². The Morgan fingerprint density at radius 3 is 2.73 bits per heavy atom. The van der Waals surface area contributed by atoms with E-state index in [1.165, 1.54) is 43.9 Å². The number of nitrogens with one attached hydrogen (secondary N) is 1. The van der Waals surface area contributed by atoms with Crippen LogP contribution in [0.3, 0.4) is 0 Å². The molecule has 0 atom stereocenters. The predicted octanol–water partition coefficient (Wildman–Crippen LogP) is 4.89. The van der Waals surface area contributed by atoms with Gasteiger partial charge in [-0.15, -0.1) is 11.3 Å². The lowest BCUT2D eigenvalue weighted by Gasteiger charge is -2.23. The van der Waals surface area contributed by atoms with Gasteiger partial charge in [-0.2, -0.15) is 0 Å². The summed E-state index contributed by atoms with van der Waals surface area (Å²) < 4.78 is 2.36. The highest BCUT2D eigenvalue weighted by Crippen LogP contribution is 2.42. The zero-order valence-corrected chi connectivity index (χ0v) is 20.5. The van der Waals surface area contributed by atoms with Crippen LogP contribution in [0, 0.1) is 0 Å². The second-order valence-electron chi connectivity index (χ2n) is 9.42. The van der Waals surface area contributed by atoms with Crippen molar-refractivity contribution >= 4 is 38.3 Å². The van der Waals surface area contributed by atoms with E-state index in [1.807, 2.05) is 6.33 Å². The number of rotatable bonds is 7. The van der Waals surface area contributed by atoms with Crippen molar-refractivity contribution in [3.05, 3.63) is 41.2 Å². The van der Waals surface area contributed by atoms with E-state index in [2.05, 4.69) is 63.7 Å². The van der Waals surface area contributed by atoms with E-state index in [9.17, 15) is 4.79 Å². The van der Waals surface area contributed by atoms with Crippen LogP contribution in [0.25, 0.3) is 32.4 Å². The van der Waals surface area contributed by atoms with Gasteiger partial charge in [-0.1, -0.05) is 25.3 Å². The average Bonchev–Trinajstić information content (AvgIpc) is 3.41. The first kappa shape index (κ1) is 22.1. The number of hydrogen-bond donors (Lipinski definition) is 1. The molecular formula is C25H32N6OS. The Balaban J connectivity index is 1.53. The number of fused-ring (bicyclic) bond motifs is 2. The van der Waals surface area contributed by atoms with Gasteiger partial charge in [0.05, 0.1) is 34.1 Å². The van der Waals surface area contributed by atoms with Crippen LogP contribution in [0.15, 0.2) is 35.6 Å². The summed E-state index contributed by atoms with van der Waals surface area (Å²) in [4.78, 5) is 30.3. The van der Waals surface area contributed by atoms with Crippen molar-refractivity contribution in [1.29, 1.82) is 0 Å². The molecule has 0 spiro atoms. The summed E-state index contributed by atoms with van der Waals surface area (Å²) in [6.07, 6.45) is 11.0. The third kappa shape index (κ3) is 4.29. The monoisotopic (exact) mass is 464 g/mol. The van der Waals surface area contributed by atoms with Crippen LogP contribution in [-0.2, 0) is 0 Å². The molecule has 1 aliphatic rings. The minimum atomic E-state index is -0.0837. The molecule has 8 heteroatoms. The fraction of sp³-hybridized carbons (Fsp3) is 0.480. The standard InChI is InChI=1S/C25H32N6OS/c1-29(2)12-7-13-30(3)25-21-22(26-15-27-24(21)32)23(33-25)17-10-11-20-19(14-17)28-16-31(20)18-8-5-4-6-9-18/h10-11,14-16,18H,4-9,12-13H2,1-3H3,(H,26,27,32). The van der Waals surface area contributed by atoms with E-state index in [-0.39, 0.29) is 5.56 Å². The maximum Gasteiger partial charge on any atom is 0.261 e. The highest BCUT2D eigenvalue weighted by atomic mass is 32.1. The smallest absolute Gasteiger partial charge is 0.261 e. The molecule has 1 aliphatic carbocycles. The predicted molar refractivity (Wildman–Crippen MR) is 138 cm³/mol. The molecule has 1 saturated carbocycles. The maximum absolute atomic E-state index is 12.8. The number of H-pyrrole nitrogens is 1. The van der Waals surface area contributed by atoms with E-state index in [0.717, 1.165) is 46.0 Å². The molecular weight excluding hydrogens is 432 g/mol. The van der Waals surface area contributed by atoms with Gasteiger partial charge in [-0.3, -0.25) is 4.79 Å². The highest BCUT2D eigenvalue weighted by molar-refractivity contribution is 7.21. The lowest BCUT2D eigenvalue weighted by Crippen LogP contribution is -2.23. The fourth-order valence-corrected chi connectivity index (χ4v) is 6.21. The molecule has 0 aliphatic heterocycles. The van der Waals surface area contributed by atoms with Gasteiger partial charge < -0.3 is 19.4 Å². The summed E-state index contributed by atoms with van der Waals surface area (Å²) >= 11 is 1.65. The Morgan fingerprint density at radius 2 is 1.94 bits per heavy atom. The van der Waals surface area contributed by atoms with Crippen molar-refractivity contribution < 1.29 is 0 Å². The Bertz CT molecular complexity index is 1310. The zero-order chi connectivity index (χ0) is 22.9. The number of hydrogen-bond acceptors (Lipinski definition) is 6. The van der Waals surface area contributed by atoms with Crippen molar-refractivity contribution in [2.24, 2.45) is 0 Å². The van der Waals surface area contributed by atoms with Crippen molar-refractivity contribution in [3.8, 4) is 10.4 Å². The second-order valence-corrected chi connectivity index (χ2v) is 10.4. The van der Waals surface area contributed by atoms with Crippen LogP contribution in [0.1, 0.15) is 44.6 Å². The van der Waals surface area contributed by atoms with Crippen LogP contribution in [-0.4, -0.2) is 58.7 Å². The Labute approximate surface area is 198 Å². The van der Waals surface area contributed by atoms with E-state index in [1.54, 1.807) is 11.3 Å². The molecule has 3 aromatic heterocycles. The van der Waals surface area contributed by atoms with E-state index < -0.39 is 0 Å². The third-order valence-corrected chi connectivity index (χ3v) is 8.07. The quantitative estimate of drug-likeness (QED) is 0.421. The number of thiophene rings is 1. The van der Waals surface area contributed by atoms with Gasteiger partial charge in [0.25, 0.3) is 5.56 Å². The number of nitrogens with zero attached hydrogens (tertiary/aromatic N) is 5. The van der Waals surface area contributed by atoms with Crippen molar-refractivity contribution in [2.75, 3.05) is 39.1 Å². The van der Waals surface area contributed by atoms with E-state index >= 15 is 0 Å². The molecule has 33 heavy (non-hydrogen) atoms. The minimum absolute atomic E-state index is 0.0837. The molecule has 0 radical (unpaired) electrons. The normalized spacial score (nSPS) is 15.2. The molecule has 7 nitrogen and oxygen atoms in total. The molecule has 0 bridgehead atoms. The largest absolute Gasteiger partial charge is 0.366 e. The highest BCUT2D eigenvalue weighted by Gasteiger charge is 2.21. The molecule has 1 N–H and O–H groups in total. The number of benzene rings is 1. The van der Waals surface area contributed by atoms with Gasteiger partial charge in [-0.25, -0.2) is 9.97 Å². The molecule has 1 fully saturated rings. The Hall–Kier alpha value is -2.71. The first-order chi connectivity index (χ1) is 16.0. The van der Waals surface area contributed by atoms with E-state index in [0.29, 0.717) is 11.4 Å². The molecule has 0 saturated heterocycles. The summed E-state index contributed by atoms with van der Waals surface area (Å²) in [5.41, 5.74) is 3.95. The maximum atomic E-state index is 12.8. The molecule has 0 unspecified atom stereocenters. The van der Waals surface area contributed by atoms with Gasteiger partial charge in [0, 0.05) is 19.6 Å². The molecule has 3 heterocycles.